The van der Waals surface area contributed by atoms with Crippen molar-refractivity contribution in [3.8, 4) is 0 Å². The minimum absolute atomic E-state index is 0.0823. The topological polar surface area (TPSA) is 231 Å². The summed E-state index contributed by atoms with van der Waals surface area (Å²) < 4.78 is 0. The van der Waals surface area contributed by atoms with E-state index in [2.05, 4.69) is 16.0 Å². The molecule has 0 spiro atoms. The lowest BCUT2D eigenvalue weighted by molar-refractivity contribution is -0.144. The van der Waals surface area contributed by atoms with Crippen molar-refractivity contribution in [2.75, 3.05) is 0 Å². The van der Waals surface area contributed by atoms with E-state index in [4.69, 9.17) is 16.6 Å². The maximum absolute atomic E-state index is 12.8. The molecule has 13 nitrogen and oxygen atoms in total. The number of carbonyl (C=O) groups is 6. The Bertz CT molecular complexity index is 742. The first kappa shape index (κ1) is 29.8. The number of rotatable bonds is 15. The standard InChI is InChI=1S/C20H35N5O8/c1-5-10(4)16(20(32)33)25-19(31)12(6-9(2)3)24-18(30)13(8-14(22)26)23-17(29)11(21)7-15(27)28/h9-13,16H,5-8,21H2,1-4H3,(H2,22,26)(H,23,29)(H,24,30)(H,25,31)(H,27,28)(H,32,33). The zero-order valence-electron chi connectivity index (χ0n) is 19.3. The Morgan fingerprint density at radius 3 is 1.76 bits per heavy atom. The summed E-state index contributed by atoms with van der Waals surface area (Å²) in [6.07, 6.45) is -0.707. The fraction of sp³-hybridized carbons (Fsp3) is 0.700. The van der Waals surface area contributed by atoms with E-state index in [0.29, 0.717) is 6.42 Å². The Balaban J connectivity index is 5.58. The minimum Gasteiger partial charge on any atom is -0.481 e. The average Bonchev–Trinajstić information content (AvgIpc) is 2.68. The number of carboxylic acids is 2. The van der Waals surface area contributed by atoms with Gasteiger partial charge in [-0.15, -0.1) is 0 Å². The highest BCUT2D eigenvalue weighted by molar-refractivity contribution is 5.96. The first-order valence-corrected chi connectivity index (χ1v) is 10.6. The van der Waals surface area contributed by atoms with Crippen LogP contribution in [0.2, 0.25) is 0 Å². The summed E-state index contributed by atoms with van der Waals surface area (Å²) in [4.78, 5) is 71.4. The van der Waals surface area contributed by atoms with Crippen LogP contribution in [-0.2, 0) is 28.8 Å². The van der Waals surface area contributed by atoms with Crippen molar-refractivity contribution >= 4 is 35.6 Å². The summed E-state index contributed by atoms with van der Waals surface area (Å²) in [6, 6.07) is -5.33. The summed E-state index contributed by atoms with van der Waals surface area (Å²) in [5, 5.41) is 25.2. The third-order valence-electron chi connectivity index (χ3n) is 4.89. The zero-order valence-corrected chi connectivity index (χ0v) is 19.3. The van der Waals surface area contributed by atoms with E-state index in [0.717, 1.165) is 0 Å². The van der Waals surface area contributed by atoms with Crippen molar-refractivity contribution in [2.45, 2.75) is 77.5 Å². The number of hydrogen-bond acceptors (Lipinski definition) is 7. The summed E-state index contributed by atoms with van der Waals surface area (Å²) >= 11 is 0. The molecule has 0 saturated heterocycles. The molecule has 0 aromatic carbocycles. The van der Waals surface area contributed by atoms with Crippen molar-refractivity contribution < 1.29 is 39.0 Å². The Kier molecular flexibility index (Phi) is 12.7. The number of nitrogens with two attached hydrogens (primary N) is 2. The van der Waals surface area contributed by atoms with Gasteiger partial charge in [0.05, 0.1) is 18.9 Å². The normalized spacial score (nSPS) is 15.5. The van der Waals surface area contributed by atoms with Gasteiger partial charge >= 0.3 is 11.9 Å². The predicted octanol–water partition coefficient (Wildman–Crippen LogP) is -1.70. The minimum atomic E-state index is -1.51. The van der Waals surface area contributed by atoms with Crippen molar-refractivity contribution in [2.24, 2.45) is 23.3 Å². The molecule has 0 radical (unpaired) electrons. The largest absolute Gasteiger partial charge is 0.481 e. The fourth-order valence-corrected chi connectivity index (χ4v) is 2.88. The number of hydrogen-bond donors (Lipinski definition) is 7. The lowest BCUT2D eigenvalue weighted by atomic mass is 9.97. The van der Waals surface area contributed by atoms with Gasteiger partial charge in [0.15, 0.2) is 0 Å². The van der Waals surface area contributed by atoms with Gasteiger partial charge in [-0.05, 0) is 18.3 Å². The number of primary amides is 1. The Labute approximate surface area is 192 Å². The second-order valence-corrected chi connectivity index (χ2v) is 8.34. The van der Waals surface area contributed by atoms with E-state index in [1.165, 1.54) is 0 Å². The lowest BCUT2D eigenvalue weighted by Gasteiger charge is -2.27. The fourth-order valence-electron chi connectivity index (χ4n) is 2.88. The van der Waals surface area contributed by atoms with E-state index in [9.17, 15) is 33.9 Å². The van der Waals surface area contributed by atoms with Crippen LogP contribution in [0.1, 0.15) is 53.4 Å². The van der Waals surface area contributed by atoms with Gasteiger partial charge in [0.1, 0.15) is 18.1 Å². The number of aliphatic carboxylic acids is 2. The van der Waals surface area contributed by atoms with Crippen LogP contribution < -0.4 is 27.4 Å². The van der Waals surface area contributed by atoms with E-state index < -0.39 is 72.6 Å². The SMILES string of the molecule is CCC(C)C(NC(=O)C(CC(C)C)NC(=O)C(CC(N)=O)NC(=O)C(N)CC(=O)O)C(=O)O. The summed E-state index contributed by atoms with van der Waals surface area (Å²) in [7, 11) is 0. The maximum atomic E-state index is 12.8. The molecule has 188 valence electrons. The van der Waals surface area contributed by atoms with E-state index in [1.54, 1.807) is 27.7 Å². The van der Waals surface area contributed by atoms with Crippen LogP contribution in [0.4, 0.5) is 0 Å². The quantitative estimate of drug-likeness (QED) is 0.143. The van der Waals surface area contributed by atoms with Gasteiger partial charge in [-0.25, -0.2) is 4.79 Å². The molecule has 9 N–H and O–H groups in total. The maximum Gasteiger partial charge on any atom is 0.326 e. The lowest BCUT2D eigenvalue weighted by Crippen LogP contribution is -2.58. The summed E-state index contributed by atoms with van der Waals surface area (Å²) in [5.74, 6) is -6.62. The van der Waals surface area contributed by atoms with Gasteiger partial charge in [-0.3, -0.25) is 24.0 Å². The van der Waals surface area contributed by atoms with Crippen molar-refractivity contribution in [1.29, 1.82) is 0 Å². The molecule has 5 unspecified atom stereocenters. The molecule has 5 atom stereocenters. The highest BCUT2D eigenvalue weighted by atomic mass is 16.4. The van der Waals surface area contributed by atoms with Gasteiger partial charge in [0.25, 0.3) is 0 Å². The molecule has 0 heterocycles. The molecule has 0 bridgehead atoms. The first-order chi connectivity index (χ1) is 15.2. The molecule has 4 amide bonds. The van der Waals surface area contributed by atoms with Crippen LogP contribution in [0.5, 0.6) is 0 Å². The zero-order chi connectivity index (χ0) is 25.9. The van der Waals surface area contributed by atoms with E-state index >= 15 is 0 Å². The van der Waals surface area contributed by atoms with Crippen LogP contribution in [0.25, 0.3) is 0 Å². The molecule has 0 aromatic rings. The molecule has 13 heteroatoms. The monoisotopic (exact) mass is 473 g/mol. The van der Waals surface area contributed by atoms with Gasteiger partial charge in [-0.1, -0.05) is 34.1 Å². The molecule has 0 aliphatic rings. The van der Waals surface area contributed by atoms with Crippen molar-refractivity contribution in [3.05, 3.63) is 0 Å². The molecule has 0 rings (SSSR count). The molecule has 0 saturated carbocycles. The predicted molar refractivity (Wildman–Crippen MR) is 116 cm³/mol. The summed E-state index contributed by atoms with van der Waals surface area (Å²) in [5.41, 5.74) is 10.6. The number of carbonyl (C=O) groups excluding carboxylic acids is 4. The molecule has 0 fully saturated rings. The molecule has 33 heavy (non-hydrogen) atoms. The van der Waals surface area contributed by atoms with E-state index in [-0.39, 0.29) is 18.3 Å². The number of carboxylic acid groups (broad SMARTS) is 2. The number of nitrogens with one attached hydrogen (secondary N) is 3. The van der Waals surface area contributed by atoms with Gasteiger partial charge in [0.2, 0.25) is 23.6 Å². The smallest absolute Gasteiger partial charge is 0.326 e. The van der Waals surface area contributed by atoms with Gasteiger partial charge < -0.3 is 37.6 Å². The Morgan fingerprint density at radius 1 is 0.818 bits per heavy atom. The highest BCUT2D eigenvalue weighted by Gasteiger charge is 2.33. The van der Waals surface area contributed by atoms with Crippen molar-refractivity contribution in [1.82, 2.24) is 16.0 Å². The molecule has 0 aliphatic heterocycles. The second kappa shape index (κ2) is 14.0. The molecule has 0 aromatic heterocycles. The first-order valence-electron chi connectivity index (χ1n) is 10.6. The third kappa shape index (κ3) is 11.3. The third-order valence-corrected chi connectivity index (χ3v) is 4.89. The van der Waals surface area contributed by atoms with Crippen LogP contribution in [-0.4, -0.2) is 69.9 Å². The Morgan fingerprint density at radius 2 is 1.33 bits per heavy atom. The van der Waals surface area contributed by atoms with Crippen molar-refractivity contribution in [3.63, 3.8) is 0 Å². The van der Waals surface area contributed by atoms with Crippen LogP contribution in [0.15, 0.2) is 0 Å². The molecular weight excluding hydrogens is 438 g/mol. The number of amides is 4. The second-order valence-electron chi connectivity index (χ2n) is 8.34. The van der Waals surface area contributed by atoms with Crippen LogP contribution >= 0.6 is 0 Å². The van der Waals surface area contributed by atoms with Crippen LogP contribution in [0, 0.1) is 11.8 Å². The Hall–Kier alpha value is -3.22. The average molecular weight is 474 g/mol. The summed E-state index contributed by atoms with van der Waals surface area (Å²) in [6.45, 7) is 6.99. The van der Waals surface area contributed by atoms with Gasteiger partial charge in [-0.2, -0.15) is 0 Å². The highest BCUT2D eigenvalue weighted by Crippen LogP contribution is 2.11. The van der Waals surface area contributed by atoms with Gasteiger partial charge in [0, 0.05) is 0 Å². The van der Waals surface area contributed by atoms with E-state index in [1.807, 2.05) is 0 Å². The van der Waals surface area contributed by atoms with Crippen LogP contribution in [0.3, 0.4) is 0 Å². The molecule has 0 aliphatic carbocycles. The molecular formula is C20H35N5O8.